The van der Waals surface area contributed by atoms with Crippen LogP contribution in [0.2, 0.25) is 5.02 Å². The van der Waals surface area contributed by atoms with Gasteiger partial charge in [-0.1, -0.05) is 36.4 Å². The molecule has 0 bridgehead atoms. The van der Waals surface area contributed by atoms with Crippen molar-refractivity contribution in [3.8, 4) is 0 Å². The molecule has 2 amide bonds. The lowest BCUT2D eigenvalue weighted by Crippen LogP contribution is -2.64. The maximum Gasteiger partial charge on any atom is 0.245 e. The molecule has 0 radical (unpaired) electrons. The topological polar surface area (TPSA) is 49.9 Å². The smallest absolute Gasteiger partial charge is 0.245 e. The van der Waals surface area contributed by atoms with Crippen LogP contribution < -0.4 is 0 Å². The Labute approximate surface area is 190 Å². The molecule has 3 fully saturated rings. The lowest BCUT2D eigenvalue weighted by Gasteiger charge is -2.56. The van der Waals surface area contributed by atoms with Gasteiger partial charge in [0.2, 0.25) is 11.8 Å². The summed E-state index contributed by atoms with van der Waals surface area (Å²) in [5, 5.41) is 0.718. The van der Waals surface area contributed by atoms with E-state index in [0.717, 1.165) is 49.5 Å². The third kappa shape index (κ3) is 4.27. The van der Waals surface area contributed by atoms with Gasteiger partial charge in [0.05, 0.1) is 18.1 Å². The molecule has 3 atom stereocenters. The van der Waals surface area contributed by atoms with Crippen molar-refractivity contribution in [3.05, 3.63) is 47.5 Å². The fourth-order valence-corrected chi connectivity index (χ4v) is 6.08. The van der Waals surface area contributed by atoms with Crippen LogP contribution in [-0.4, -0.2) is 59.5 Å². The zero-order chi connectivity index (χ0) is 22.4. The van der Waals surface area contributed by atoms with E-state index in [1.54, 1.807) is 0 Å². The Hall–Kier alpha value is -1.85. The molecule has 3 saturated heterocycles. The van der Waals surface area contributed by atoms with Crippen LogP contribution in [0.1, 0.15) is 51.5 Å². The SMILES string of the molecule is C=CC(=O)N1CC2(CCN(C(=O)[C@@H]3COC(C)(C)C[C@H]3c3ccccc3Cl)C(C)C2)C1. The first-order valence-electron chi connectivity index (χ1n) is 11.2. The fraction of sp³-hybridized carbons (Fsp3) is 0.600. The molecule has 0 aromatic heterocycles. The first-order valence-corrected chi connectivity index (χ1v) is 11.6. The average Bonchev–Trinajstić information content (AvgIpc) is 2.70. The maximum atomic E-state index is 13.7. The van der Waals surface area contributed by atoms with Gasteiger partial charge in [-0.3, -0.25) is 9.59 Å². The van der Waals surface area contributed by atoms with Crippen LogP contribution in [0.3, 0.4) is 0 Å². The van der Waals surface area contributed by atoms with Crippen LogP contribution in [0.5, 0.6) is 0 Å². The van der Waals surface area contributed by atoms with Crippen molar-refractivity contribution in [2.45, 2.75) is 57.6 Å². The van der Waals surface area contributed by atoms with Crippen molar-refractivity contribution >= 4 is 23.4 Å². The molecule has 0 aliphatic carbocycles. The number of benzene rings is 1. The van der Waals surface area contributed by atoms with Crippen LogP contribution in [0.15, 0.2) is 36.9 Å². The van der Waals surface area contributed by atoms with E-state index in [0.29, 0.717) is 6.61 Å². The number of ether oxygens (including phenoxy) is 1. The lowest BCUT2D eigenvalue weighted by molar-refractivity contribution is -0.160. The first-order chi connectivity index (χ1) is 14.6. The number of likely N-dealkylation sites (tertiary alicyclic amines) is 2. The number of hydrogen-bond acceptors (Lipinski definition) is 3. The number of rotatable bonds is 3. The maximum absolute atomic E-state index is 13.7. The van der Waals surface area contributed by atoms with Gasteiger partial charge in [0.25, 0.3) is 0 Å². The molecule has 1 aromatic rings. The van der Waals surface area contributed by atoms with Crippen molar-refractivity contribution in [1.29, 1.82) is 0 Å². The van der Waals surface area contributed by atoms with Gasteiger partial charge in [-0.25, -0.2) is 0 Å². The number of carbonyl (C=O) groups excluding carboxylic acids is 2. The van der Waals surface area contributed by atoms with Gasteiger partial charge in [-0.05, 0) is 57.7 Å². The highest BCUT2D eigenvalue weighted by Gasteiger charge is 2.50. The third-order valence-corrected chi connectivity index (χ3v) is 7.78. The zero-order valence-corrected chi connectivity index (χ0v) is 19.5. The van der Waals surface area contributed by atoms with E-state index in [4.69, 9.17) is 16.3 Å². The number of amides is 2. The molecule has 3 aliphatic rings. The third-order valence-electron chi connectivity index (χ3n) is 7.44. The molecular weight excluding hydrogens is 412 g/mol. The van der Waals surface area contributed by atoms with E-state index in [2.05, 4.69) is 27.4 Å². The molecule has 31 heavy (non-hydrogen) atoms. The molecular formula is C25H33ClN2O3. The second-order valence-electron chi connectivity index (χ2n) is 10.2. The van der Waals surface area contributed by atoms with Crippen molar-refractivity contribution < 1.29 is 14.3 Å². The van der Waals surface area contributed by atoms with E-state index in [1.807, 2.05) is 34.1 Å². The Kier molecular flexibility index (Phi) is 5.95. The molecule has 4 rings (SSSR count). The van der Waals surface area contributed by atoms with Crippen LogP contribution in [0.25, 0.3) is 0 Å². The summed E-state index contributed by atoms with van der Waals surface area (Å²) in [5.74, 6) is -0.0236. The number of piperidine rings is 1. The zero-order valence-electron chi connectivity index (χ0n) is 18.8. The highest BCUT2D eigenvalue weighted by atomic mass is 35.5. The van der Waals surface area contributed by atoms with E-state index in [1.165, 1.54) is 6.08 Å². The molecule has 3 aliphatic heterocycles. The fourth-order valence-electron chi connectivity index (χ4n) is 5.80. The summed E-state index contributed by atoms with van der Waals surface area (Å²) in [6.45, 7) is 12.6. The molecule has 168 valence electrons. The summed E-state index contributed by atoms with van der Waals surface area (Å²) in [6.07, 6.45) is 4.00. The summed E-state index contributed by atoms with van der Waals surface area (Å²) < 4.78 is 6.10. The normalized spacial score (nSPS) is 29.4. The van der Waals surface area contributed by atoms with Crippen LogP contribution in [-0.2, 0) is 14.3 Å². The monoisotopic (exact) mass is 444 g/mol. The molecule has 5 nitrogen and oxygen atoms in total. The van der Waals surface area contributed by atoms with E-state index in [9.17, 15) is 9.59 Å². The van der Waals surface area contributed by atoms with Gasteiger partial charge in [-0.2, -0.15) is 0 Å². The van der Waals surface area contributed by atoms with Gasteiger partial charge in [0.15, 0.2) is 0 Å². The molecule has 6 heteroatoms. The number of hydrogen-bond donors (Lipinski definition) is 0. The molecule has 0 N–H and O–H groups in total. The van der Waals surface area contributed by atoms with Gasteiger partial charge >= 0.3 is 0 Å². The Balaban J connectivity index is 1.49. The Morgan fingerprint density at radius 1 is 1.23 bits per heavy atom. The van der Waals surface area contributed by atoms with Crippen molar-refractivity contribution in [1.82, 2.24) is 9.80 Å². The highest BCUT2D eigenvalue weighted by Crippen LogP contribution is 2.46. The van der Waals surface area contributed by atoms with Gasteiger partial charge < -0.3 is 14.5 Å². The van der Waals surface area contributed by atoms with Crippen molar-refractivity contribution in [2.75, 3.05) is 26.2 Å². The second-order valence-corrected chi connectivity index (χ2v) is 10.6. The molecule has 1 aromatic carbocycles. The summed E-state index contributed by atoms with van der Waals surface area (Å²) in [4.78, 5) is 29.5. The van der Waals surface area contributed by atoms with Crippen LogP contribution in [0, 0.1) is 11.3 Å². The predicted molar refractivity (Wildman–Crippen MR) is 122 cm³/mol. The molecule has 1 unspecified atom stereocenters. The largest absolute Gasteiger partial charge is 0.375 e. The number of halogens is 1. The average molecular weight is 445 g/mol. The minimum absolute atomic E-state index is 0.00124. The minimum atomic E-state index is -0.286. The number of nitrogens with zero attached hydrogens (tertiary/aromatic N) is 2. The standard InChI is InChI=1S/C25H33ClN2O3/c1-5-22(29)27-15-25(16-27)10-11-28(17(2)12-25)23(30)20-14-31-24(3,4)13-19(20)18-8-6-7-9-21(18)26/h5-9,17,19-20H,1,10-16H2,2-4H3/t17?,19-,20+/m0/s1. The van der Waals surface area contributed by atoms with Crippen molar-refractivity contribution in [2.24, 2.45) is 11.3 Å². The minimum Gasteiger partial charge on any atom is -0.375 e. The molecule has 0 saturated carbocycles. The lowest BCUT2D eigenvalue weighted by atomic mass is 9.69. The van der Waals surface area contributed by atoms with Crippen molar-refractivity contribution in [3.63, 3.8) is 0 Å². The Morgan fingerprint density at radius 2 is 1.94 bits per heavy atom. The van der Waals surface area contributed by atoms with Crippen LogP contribution in [0.4, 0.5) is 0 Å². The van der Waals surface area contributed by atoms with Gasteiger partial charge in [-0.15, -0.1) is 0 Å². The summed E-state index contributed by atoms with van der Waals surface area (Å²) >= 11 is 6.55. The van der Waals surface area contributed by atoms with Gasteiger partial charge in [0, 0.05) is 42.0 Å². The summed E-state index contributed by atoms with van der Waals surface area (Å²) in [5.41, 5.74) is 0.894. The predicted octanol–water partition coefficient (Wildman–Crippen LogP) is 4.26. The Bertz CT molecular complexity index is 877. The summed E-state index contributed by atoms with van der Waals surface area (Å²) in [6, 6.07) is 8.01. The highest BCUT2D eigenvalue weighted by molar-refractivity contribution is 6.31. The van der Waals surface area contributed by atoms with E-state index in [-0.39, 0.29) is 40.7 Å². The quantitative estimate of drug-likeness (QED) is 0.654. The molecule has 3 heterocycles. The number of carbonyl (C=O) groups is 2. The molecule has 1 spiro atoms. The first kappa shape index (κ1) is 22.3. The Morgan fingerprint density at radius 3 is 2.58 bits per heavy atom. The van der Waals surface area contributed by atoms with E-state index < -0.39 is 0 Å². The summed E-state index contributed by atoms with van der Waals surface area (Å²) in [7, 11) is 0. The second kappa shape index (κ2) is 8.25. The van der Waals surface area contributed by atoms with Gasteiger partial charge in [0.1, 0.15) is 0 Å². The van der Waals surface area contributed by atoms with E-state index >= 15 is 0 Å². The van der Waals surface area contributed by atoms with Crippen LogP contribution >= 0.6 is 11.6 Å².